The van der Waals surface area contributed by atoms with Crippen LogP contribution in [0.4, 0.5) is 0 Å². The third kappa shape index (κ3) is 30.4. The number of aryl methyl sites for hydroxylation is 4. The van der Waals surface area contributed by atoms with Crippen LogP contribution in [0.2, 0.25) is 15.1 Å². The Labute approximate surface area is 502 Å². The maximum Gasteiger partial charge on any atom is 0.332 e. The average molecular weight is 1180 g/mol. The number of hydrogen-bond acceptors (Lipinski definition) is 6. The zero-order valence-electron chi connectivity index (χ0n) is 47.2. The number of rotatable bonds is 34. The normalized spacial score (nSPS) is 12.3. The molecule has 0 aliphatic carbocycles. The van der Waals surface area contributed by atoms with Crippen LogP contribution in [0.25, 0.3) is 0 Å². The molecule has 3 unspecified atom stereocenters. The maximum absolute atomic E-state index is 11.6. The van der Waals surface area contributed by atoms with Crippen LogP contribution >= 0.6 is 58.3 Å². The number of ether oxygens (including phenoxy) is 1. The molecule has 0 bridgehead atoms. The number of aliphatic carboxylic acids is 3. The molecule has 6 aromatic rings. The minimum Gasteiger partial charge on any atom is -0.480 e. The SMILES string of the molecule is CC(C)(C)c1ccc(SC(CCCCCCc2ccc(Cl)cc2)C(=O)O)cc1.O=C(O)C(CCCCCCc1ccc(Cl)cc1)OCCc1ccccc1.O=C(O)C(CCCCCCc1ccc(Cl)cc1)SCCc1ccccc1. The summed E-state index contributed by atoms with van der Waals surface area (Å²) in [5.74, 6) is -1.40. The van der Waals surface area contributed by atoms with E-state index in [4.69, 9.17) is 39.5 Å². The van der Waals surface area contributed by atoms with Gasteiger partial charge in [-0.25, -0.2) is 4.79 Å². The Morgan fingerprint density at radius 1 is 0.425 bits per heavy atom. The van der Waals surface area contributed by atoms with Crippen molar-refractivity contribution in [2.75, 3.05) is 12.4 Å². The van der Waals surface area contributed by atoms with Gasteiger partial charge in [0.2, 0.25) is 0 Å². The van der Waals surface area contributed by atoms with E-state index in [1.807, 2.05) is 97.1 Å². The topological polar surface area (TPSA) is 121 Å². The Balaban J connectivity index is 0.000000259. The van der Waals surface area contributed by atoms with Crippen LogP contribution in [0, 0.1) is 0 Å². The predicted octanol–water partition coefficient (Wildman–Crippen LogP) is 19.2. The summed E-state index contributed by atoms with van der Waals surface area (Å²) in [6.45, 7) is 6.99. The molecule has 0 radical (unpaired) electrons. The smallest absolute Gasteiger partial charge is 0.332 e. The molecule has 12 heteroatoms. The van der Waals surface area contributed by atoms with Gasteiger partial charge >= 0.3 is 17.9 Å². The fraction of sp³-hybridized carbons (Fsp3) is 0.426. The summed E-state index contributed by atoms with van der Waals surface area (Å²) in [7, 11) is 0. The molecule has 3 N–H and O–H groups in total. The zero-order valence-corrected chi connectivity index (χ0v) is 51.1. The standard InChI is InChI=1S/C24H31ClO2S.C22H27ClO3.C22H27ClO2S/c1-24(2,3)19-12-16-21(17-13-19)28-22(23(26)27)9-7-5-4-6-8-18-10-14-20(25)15-11-18;2*23-20-14-12-19(13-15-20)10-4-1-2-7-11-21(22(24)25)26-17-16-18-8-5-3-6-9-18/h10-17,22H,4-9H2,1-3H3,(H,26,27);2*3,5-6,8-9,12-15,21H,1-2,4,7,10-11,16-17H2,(H,24,25). The summed E-state index contributed by atoms with van der Waals surface area (Å²) < 4.78 is 5.58. The summed E-state index contributed by atoms with van der Waals surface area (Å²) >= 11 is 20.7. The Hall–Kier alpha value is -4.74. The van der Waals surface area contributed by atoms with Crippen molar-refractivity contribution in [1.29, 1.82) is 0 Å². The van der Waals surface area contributed by atoms with Gasteiger partial charge in [-0.3, -0.25) is 9.59 Å². The predicted molar refractivity (Wildman–Crippen MR) is 339 cm³/mol. The van der Waals surface area contributed by atoms with Crippen molar-refractivity contribution in [1.82, 2.24) is 0 Å². The second-order valence-electron chi connectivity index (χ2n) is 21.3. The van der Waals surface area contributed by atoms with Crippen molar-refractivity contribution in [3.05, 3.63) is 206 Å². The molecule has 0 saturated heterocycles. The largest absolute Gasteiger partial charge is 0.480 e. The van der Waals surface area contributed by atoms with Gasteiger partial charge in [-0.1, -0.05) is 223 Å². The highest BCUT2D eigenvalue weighted by molar-refractivity contribution is 8.00. The molecule has 3 atom stereocenters. The van der Waals surface area contributed by atoms with Gasteiger partial charge in [0.25, 0.3) is 0 Å². The molecule has 0 spiro atoms. The summed E-state index contributed by atoms with van der Waals surface area (Å²) in [5.41, 5.74) is 7.73. The van der Waals surface area contributed by atoms with Gasteiger partial charge in [0, 0.05) is 20.0 Å². The quantitative estimate of drug-likeness (QED) is 0.0268. The Bertz CT molecular complexity index is 2480. The summed E-state index contributed by atoms with van der Waals surface area (Å²) in [4.78, 5) is 35.4. The lowest BCUT2D eigenvalue weighted by molar-refractivity contribution is -0.151. The third-order valence-corrected chi connectivity index (χ3v) is 17.0. The van der Waals surface area contributed by atoms with E-state index in [1.54, 1.807) is 11.8 Å². The first-order valence-corrected chi connectivity index (χ1v) is 31.6. The minimum atomic E-state index is -0.862. The first-order chi connectivity index (χ1) is 38.5. The molecular formula is C68H85Cl3O7S2. The van der Waals surface area contributed by atoms with Crippen LogP contribution in [-0.2, 0) is 56.6 Å². The number of carboxylic acid groups (broad SMARTS) is 3. The second kappa shape index (κ2) is 39.6. The first kappa shape index (κ1) is 67.8. The first-order valence-electron chi connectivity index (χ1n) is 28.6. The van der Waals surface area contributed by atoms with E-state index in [0.717, 1.165) is 141 Å². The molecule has 0 saturated carbocycles. The molecule has 0 aromatic heterocycles. The molecule has 6 aromatic carbocycles. The molecule has 6 rings (SSSR count). The van der Waals surface area contributed by atoms with Crippen LogP contribution in [0.5, 0.6) is 0 Å². The lowest BCUT2D eigenvalue weighted by Gasteiger charge is -2.19. The highest BCUT2D eigenvalue weighted by atomic mass is 35.5. The van der Waals surface area contributed by atoms with Crippen molar-refractivity contribution in [2.45, 2.75) is 176 Å². The average Bonchev–Trinajstić information content (AvgIpc) is 3.44. The number of thioether (sulfide) groups is 2. The number of benzene rings is 6. The molecule has 0 heterocycles. The Morgan fingerprint density at radius 3 is 1.20 bits per heavy atom. The molecule has 0 amide bonds. The van der Waals surface area contributed by atoms with Gasteiger partial charge in [-0.05, 0) is 164 Å². The third-order valence-electron chi connectivity index (χ3n) is 13.7. The number of carboxylic acids is 3. The van der Waals surface area contributed by atoms with Crippen molar-refractivity contribution in [2.24, 2.45) is 0 Å². The molecular weight excluding hydrogens is 1100 g/mol. The highest BCUT2D eigenvalue weighted by Gasteiger charge is 2.21. The van der Waals surface area contributed by atoms with Gasteiger partial charge in [0.05, 0.1) is 6.61 Å². The molecule has 432 valence electrons. The number of halogens is 3. The van der Waals surface area contributed by atoms with E-state index in [0.29, 0.717) is 19.4 Å². The monoisotopic (exact) mass is 1180 g/mol. The molecule has 0 aliphatic heterocycles. The van der Waals surface area contributed by atoms with E-state index in [9.17, 15) is 29.7 Å². The lowest BCUT2D eigenvalue weighted by Crippen LogP contribution is -2.24. The minimum absolute atomic E-state index is 0.113. The number of unbranched alkanes of at least 4 members (excludes halogenated alkanes) is 9. The van der Waals surface area contributed by atoms with Gasteiger partial charge in [0.15, 0.2) is 6.10 Å². The maximum atomic E-state index is 11.6. The number of carbonyl (C=O) groups is 3. The second-order valence-corrected chi connectivity index (χ2v) is 25.2. The fourth-order valence-electron chi connectivity index (χ4n) is 8.90. The van der Waals surface area contributed by atoms with Gasteiger partial charge in [0.1, 0.15) is 10.5 Å². The zero-order chi connectivity index (χ0) is 57.8. The van der Waals surface area contributed by atoms with Gasteiger partial charge < -0.3 is 20.1 Å². The van der Waals surface area contributed by atoms with E-state index in [-0.39, 0.29) is 15.9 Å². The van der Waals surface area contributed by atoms with E-state index in [2.05, 4.69) is 81.4 Å². The van der Waals surface area contributed by atoms with Crippen LogP contribution in [-0.4, -0.2) is 62.2 Å². The lowest BCUT2D eigenvalue weighted by atomic mass is 9.87. The van der Waals surface area contributed by atoms with Crippen LogP contribution in [0.1, 0.15) is 150 Å². The molecule has 0 fully saturated rings. The van der Waals surface area contributed by atoms with Crippen LogP contribution in [0.15, 0.2) is 163 Å². The van der Waals surface area contributed by atoms with E-state index >= 15 is 0 Å². The Kier molecular flexibility index (Phi) is 33.6. The van der Waals surface area contributed by atoms with E-state index in [1.165, 1.54) is 45.1 Å². The van der Waals surface area contributed by atoms with Crippen molar-refractivity contribution in [3.63, 3.8) is 0 Å². The Morgan fingerprint density at radius 2 is 0.800 bits per heavy atom. The van der Waals surface area contributed by atoms with Gasteiger partial charge in [-0.15, -0.1) is 23.5 Å². The van der Waals surface area contributed by atoms with E-state index < -0.39 is 24.0 Å². The molecule has 80 heavy (non-hydrogen) atoms. The van der Waals surface area contributed by atoms with Gasteiger partial charge in [-0.2, -0.15) is 0 Å². The summed E-state index contributed by atoms with van der Waals surface area (Å²) in [6.07, 6.45) is 18.9. The van der Waals surface area contributed by atoms with Crippen LogP contribution in [0.3, 0.4) is 0 Å². The summed E-state index contributed by atoms with van der Waals surface area (Å²) in [6, 6.07) is 52.5. The molecule has 0 aliphatic rings. The summed E-state index contributed by atoms with van der Waals surface area (Å²) in [5, 5.41) is 29.9. The van der Waals surface area contributed by atoms with Crippen molar-refractivity contribution < 1.29 is 34.4 Å². The van der Waals surface area contributed by atoms with Crippen LogP contribution < -0.4 is 0 Å². The number of hydrogen-bond donors (Lipinski definition) is 3. The fourth-order valence-corrected chi connectivity index (χ4v) is 11.4. The highest BCUT2D eigenvalue weighted by Crippen LogP contribution is 2.31. The molecule has 7 nitrogen and oxygen atoms in total. The van der Waals surface area contributed by atoms with Crippen molar-refractivity contribution >= 4 is 76.2 Å². The van der Waals surface area contributed by atoms with Crippen molar-refractivity contribution in [3.8, 4) is 0 Å².